The molecule has 1 aromatic heterocycles. The molecule has 1 aliphatic rings. The van der Waals surface area contributed by atoms with Crippen LogP contribution in [0.4, 0.5) is 4.79 Å². The molecule has 8 heteroatoms. The van der Waals surface area contributed by atoms with Crippen LogP contribution in [0.3, 0.4) is 0 Å². The van der Waals surface area contributed by atoms with Gasteiger partial charge < -0.3 is 25.3 Å². The number of fused-ring (bicyclic) bond motifs is 1. The van der Waals surface area contributed by atoms with Crippen LogP contribution in [-0.2, 0) is 11.2 Å². The van der Waals surface area contributed by atoms with Crippen molar-refractivity contribution >= 4 is 23.1 Å². The number of aromatic nitrogens is 2. The van der Waals surface area contributed by atoms with Crippen LogP contribution in [0.2, 0.25) is 0 Å². The average molecular weight is 387 g/mol. The van der Waals surface area contributed by atoms with Crippen LogP contribution in [0.1, 0.15) is 33.0 Å². The predicted octanol–water partition coefficient (Wildman–Crippen LogP) is 2.36. The zero-order valence-corrected chi connectivity index (χ0v) is 16.9. The fourth-order valence-corrected chi connectivity index (χ4v) is 3.11. The molecule has 8 nitrogen and oxygen atoms in total. The third kappa shape index (κ3) is 5.37. The molecule has 0 atom stereocenters. The van der Waals surface area contributed by atoms with Crippen molar-refractivity contribution in [1.82, 2.24) is 19.8 Å². The normalized spacial score (nSPS) is 15.9. The summed E-state index contributed by atoms with van der Waals surface area (Å²) in [6.45, 7) is 8.77. The molecule has 1 saturated heterocycles. The lowest BCUT2D eigenvalue weighted by Crippen LogP contribution is -2.53. The summed E-state index contributed by atoms with van der Waals surface area (Å²) in [5.41, 5.74) is 7.70. The molecule has 0 radical (unpaired) electrons. The maximum absolute atomic E-state index is 12.1. The fraction of sp³-hybridized carbons (Fsp3) is 0.550. The summed E-state index contributed by atoms with van der Waals surface area (Å²) in [6.07, 6.45) is 1.43. The second-order valence-corrected chi connectivity index (χ2v) is 8.00. The monoisotopic (exact) mass is 386 g/mol. The van der Waals surface area contributed by atoms with E-state index in [0.717, 1.165) is 29.7 Å². The highest BCUT2D eigenvalue weighted by molar-refractivity contribution is 5.78. The Morgan fingerprint density at radius 1 is 1.21 bits per heavy atom. The molecule has 152 valence electrons. The van der Waals surface area contributed by atoms with Crippen molar-refractivity contribution in [2.24, 2.45) is 10.7 Å². The third-order valence-electron chi connectivity index (χ3n) is 4.54. The average Bonchev–Trinajstić information content (AvgIpc) is 3.06. The Bertz CT molecular complexity index is 798. The van der Waals surface area contributed by atoms with Gasteiger partial charge in [-0.05, 0) is 39.3 Å². The first-order chi connectivity index (χ1) is 13.3. The smallest absolute Gasteiger partial charge is 0.410 e. The van der Waals surface area contributed by atoms with Gasteiger partial charge in [-0.1, -0.05) is 12.1 Å². The second-order valence-electron chi connectivity index (χ2n) is 8.00. The Morgan fingerprint density at radius 2 is 1.89 bits per heavy atom. The molecule has 1 aromatic carbocycles. The van der Waals surface area contributed by atoms with Crippen molar-refractivity contribution in [3.8, 4) is 0 Å². The molecule has 28 heavy (non-hydrogen) atoms. The van der Waals surface area contributed by atoms with Crippen molar-refractivity contribution in [3.05, 3.63) is 30.1 Å². The highest BCUT2D eigenvalue weighted by Gasteiger charge is 2.26. The van der Waals surface area contributed by atoms with Gasteiger partial charge >= 0.3 is 6.09 Å². The van der Waals surface area contributed by atoms with Gasteiger partial charge in [0.25, 0.3) is 0 Å². The number of piperazine rings is 1. The minimum atomic E-state index is -0.478. The summed E-state index contributed by atoms with van der Waals surface area (Å²) in [6, 6.07) is 8.01. The van der Waals surface area contributed by atoms with E-state index in [4.69, 9.17) is 10.5 Å². The van der Waals surface area contributed by atoms with E-state index in [1.54, 1.807) is 4.90 Å². The van der Waals surface area contributed by atoms with Crippen LogP contribution in [-0.4, -0.2) is 70.1 Å². The van der Waals surface area contributed by atoms with Gasteiger partial charge in [0.15, 0.2) is 5.96 Å². The molecule has 0 aliphatic carbocycles. The van der Waals surface area contributed by atoms with Crippen molar-refractivity contribution < 1.29 is 9.53 Å². The molecule has 1 amide bonds. The third-order valence-corrected chi connectivity index (χ3v) is 4.54. The molecule has 1 aliphatic heterocycles. The molecule has 1 fully saturated rings. The molecule has 2 aromatic rings. The SMILES string of the molecule is CC(C)(C)OC(=O)N1CCN(C(N)=NCCCc2nc3ccccc3[nH]2)CC1. The Kier molecular flexibility index (Phi) is 6.06. The van der Waals surface area contributed by atoms with Crippen LogP contribution >= 0.6 is 0 Å². The molecule has 2 heterocycles. The van der Waals surface area contributed by atoms with Crippen LogP contribution in [0.25, 0.3) is 11.0 Å². The Balaban J connectivity index is 1.41. The quantitative estimate of drug-likeness (QED) is 0.477. The molecular formula is C20H30N6O2. The summed E-state index contributed by atoms with van der Waals surface area (Å²) in [5.74, 6) is 1.51. The predicted molar refractivity (Wildman–Crippen MR) is 110 cm³/mol. The Hall–Kier alpha value is -2.77. The molecule has 0 unspecified atom stereocenters. The van der Waals surface area contributed by atoms with Crippen LogP contribution in [0, 0.1) is 0 Å². The zero-order valence-electron chi connectivity index (χ0n) is 16.9. The standard InChI is InChI=1S/C20H30N6O2/c1-20(2,3)28-19(27)26-13-11-25(12-14-26)18(21)22-10-6-9-17-23-15-7-4-5-8-16(15)24-17/h4-5,7-8H,6,9-14H2,1-3H3,(H2,21,22)(H,23,24). The number of para-hydroxylation sites is 2. The number of aromatic amines is 1. The van der Waals surface area contributed by atoms with E-state index in [0.29, 0.717) is 38.7 Å². The molecule has 3 rings (SSSR count). The van der Waals surface area contributed by atoms with Gasteiger partial charge in [-0.3, -0.25) is 4.99 Å². The first-order valence-electron chi connectivity index (χ1n) is 9.78. The number of carbonyl (C=O) groups is 1. The Morgan fingerprint density at radius 3 is 2.57 bits per heavy atom. The van der Waals surface area contributed by atoms with E-state index in [1.165, 1.54) is 0 Å². The van der Waals surface area contributed by atoms with E-state index >= 15 is 0 Å². The maximum Gasteiger partial charge on any atom is 0.410 e. The molecule has 3 N–H and O–H groups in total. The number of hydrogen-bond acceptors (Lipinski definition) is 4. The van der Waals surface area contributed by atoms with Gasteiger partial charge in [-0.25, -0.2) is 9.78 Å². The molecule has 0 spiro atoms. The summed E-state index contributed by atoms with van der Waals surface area (Å²) in [7, 11) is 0. The number of imidazole rings is 1. The number of benzene rings is 1. The van der Waals surface area contributed by atoms with Gasteiger partial charge in [0.1, 0.15) is 11.4 Å². The number of aryl methyl sites for hydroxylation is 1. The molecule has 0 saturated carbocycles. The van der Waals surface area contributed by atoms with Gasteiger partial charge in [0, 0.05) is 39.1 Å². The summed E-state index contributed by atoms with van der Waals surface area (Å²) >= 11 is 0. The maximum atomic E-state index is 12.1. The van der Waals surface area contributed by atoms with Crippen molar-refractivity contribution in [2.45, 2.75) is 39.2 Å². The number of hydrogen-bond donors (Lipinski definition) is 2. The van der Waals surface area contributed by atoms with E-state index in [2.05, 4.69) is 15.0 Å². The number of ether oxygens (including phenoxy) is 1. The fourth-order valence-electron chi connectivity index (χ4n) is 3.11. The highest BCUT2D eigenvalue weighted by Crippen LogP contribution is 2.13. The summed E-state index contributed by atoms with van der Waals surface area (Å²) < 4.78 is 5.41. The number of rotatable bonds is 4. The van der Waals surface area contributed by atoms with Gasteiger partial charge in [0.2, 0.25) is 0 Å². The van der Waals surface area contributed by atoms with E-state index in [9.17, 15) is 4.79 Å². The number of H-pyrrole nitrogens is 1. The van der Waals surface area contributed by atoms with Crippen LogP contribution in [0.15, 0.2) is 29.3 Å². The number of guanidine groups is 1. The van der Waals surface area contributed by atoms with Crippen molar-refractivity contribution in [1.29, 1.82) is 0 Å². The van der Waals surface area contributed by atoms with Crippen LogP contribution in [0.5, 0.6) is 0 Å². The largest absolute Gasteiger partial charge is 0.444 e. The number of carbonyl (C=O) groups excluding carboxylic acids is 1. The van der Waals surface area contributed by atoms with Crippen LogP contribution < -0.4 is 5.73 Å². The van der Waals surface area contributed by atoms with Crippen molar-refractivity contribution in [2.75, 3.05) is 32.7 Å². The van der Waals surface area contributed by atoms with E-state index < -0.39 is 5.60 Å². The number of nitrogens with two attached hydrogens (primary N) is 1. The zero-order chi connectivity index (χ0) is 20.1. The number of aliphatic imine (C=N–C) groups is 1. The van der Waals surface area contributed by atoms with E-state index in [-0.39, 0.29) is 6.09 Å². The van der Waals surface area contributed by atoms with Gasteiger partial charge in [-0.15, -0.1) is 0 Å². The first-order valence-corrected chi connectivity index (χ1v) is 9.78. The number of nitrogens with zero attached hydrogens (tertiary/aromatic N) is 4. The topological polar surface area (TPSA) is 99.8 Å². The summed E-state index contributed by atoms with van der Waals surface area (Å²) in [5, 5.41) is 0. The van der Waals surface area contributed by atoms with Gasteiger partial charge in [-0.2, -0.15) is 0 Å². The van der Waals surface area contributed by atoms with Gasteiger partial charge in [0.05, 0.1) is 11.0 Å². The van der Waals surface area contributed by atoms with Crippen molar-refractivity contribution in [3.63, 3.8) is 0 Å². The number of amides is 1. The number of nitrogens with one attached hydrogen (secondary N) is 1. The Labute approximate surface area is 165 Å². The minimum Gasteiger partial charge on any atom is -0.444 e. The second kappa shape index (κ2) is 8.50. The lowest BCUT2D eigenvalue weighted by atomic mass is 10.2. The summed E-state index contributed by atoms with van der Waals surface area (Å²) in [4.78, 5) is 28.2. The minimum absolute atomic E-state index is 0.270. The van der Waals surface area contributed by atoms with E-state index in [1.807, 2.05) is 49.9 Å². The highest BCUT2D eigenvalue weighted by atomic mass is 16.6. The first kappa shape index (κ1) is 20.0. The molecular weight excluding hydrogens is 356 g/mol. The lowest BCUT2D eigenvalue weighted by molar-refractivity contribution is 0.0186. The lowest BCUT2D eigenvalue weighted by Gasteiger charge is -2.36. The molecule has 0 bridgehead atoms.